The van der Waals surface area contributed by atoms with Crippen molar-refractivity contribution < 1.29 is 30.4 Å². The van der Waals surface area contributed by atoms with Gasteiger partial charge in [0, 0.05) is 50.0 Å². The summed E-state index contributed by atoms with van der Waals surface area (Å²) < 4.78 is 12.8. The van der Waals surface area contributed by atoms with E-state index in [1.807, 2.05) is 41.1 Å². The van der Waals surface area contributed by atoms with Crippen molar-refractivity contribution in [1.82, 2.24) is 14.1 Å². The second-order valence-corrected chi connectivity index (χ2v) is 13.4. The molecule has 50 heavy (non-hydrogen) atoms. The molecule has 0 saturated carbocycles. The van der Waals surface area contributed by atoms with E-state index in [0.29, 0.717) is 11.5 Å². The van der Waals surface area contributed by atoms with Gasteiger partial charge in [0.15, 0.2) is 0 Å². The molecule has 0 amide bonds. The van der Waals surface area contributed by atoms with Crippen LogP contribution in [0.15, 0.2) is 128 Å². The summed E-state index contributed by atoms with van der Waals surface area (Å²) in [5.74, 6) is 2.06. The number of benzene rings is 5. The van der Waals surface area contributed by atoms with Gasteiger partial charge in [0.1, 0.15) is 5.82 Å². The van der Waals surface area contributed by atoms with Gasteiger partial charge < -0.3 is 13.9 Å². The molecule has 0 aliphatic heterocycles. The molecule has 6 heteroatoms. The molecule has 0 atom stereocenters. The first-order chi connectivity index (χ1) is 23.7. The van der Waals surface area contributed by atoms with Crippen molar-refractivity contribution in [3.8, 4) is 39.8 Å². The van der Waals surface area contributed by atoms with Gasteiger partial charge in [0.25, 0.3) is 6.33 Å². The summed E-state index contributed by atoms with van der Waals surface area (Å²) in [6.45, 7) is 10.9. The first-order valence-corrected chi connectivity index (χ1v) is 16.6. The molecule has 8 rings (SSSR count). The van der Waals surface area contributed by atoms with E-state index in [9.17, 15) is 0 Å². The molecule has 0 fully saturated rings. The monoisotopic (exact) mass is 831 g/mol. The number of hydrogen-bond donors (Lipinski definition) is 0. The van der Waals surface area contributed by atoms with E-state index in [-0.39, 0.29) is 26.5 Å². The van der Waals surface area contributed by atoms with Crippen LogP contribution in [-0.2, 0) is 26.5 Å². The van der Waals surface area contributed by atoms with Crippen LogP contribution in [0.5, 0.6) is 11.5 Å². The minimum Gasteiger partial charge on any atom is -0.510 e. The van der Waals surface area contributed by atoms with E-state index >= 15 is 0 Å². The van der Waals surface area contributed by atoms with Crippen LogP contribution < -0.4 is 9.30 Å². The van der Waals surface area contributed by atoms with Crippen LogP contribution in [0.3, 0.4) is 0 Å². The van der Waals surface area contributed by atoms with Crippen molar-refractivity contribution in [2.75, 3.05) is 0 Å². The summed E-state index contributed by atoms with van der Waals surface area (Å²) in [7, 11) is 0. The Morgan fingerprint density at radius 1 is 0.700 bits per heavy atom. The van der Waals surface area contributed by atoms with Crippen LogP contribution in [0.25, 0.3) is 50.1 Å². The van der Waals surface area contributed by atoms with Crippen molar-refractivity contribution in [3.05, 3.63) is 163 Å². The zero-order valence-electron chi connectivity index (χ0n) is 28.6. The van der Waals surface area contributed by atoms with Crippen molar-refractivity contribution in [1.29, 1.82) is 0 Å². The van der Waals surface area contributed by atoms with Crippen molar-refractivity contribution in [2.24, 2.45) is 0 Å². The van der Waals surface area contributed by atoms with E-state index in [4.69, 9.17) is 9.72 Å². The molecule has 0 aliphatic rings. The maximum absolute atomic E-state index is 6.45. The summed E-state index contributed by atoms with van der Waals surface area (Å²) in [5, 5.41) is 2.24. The molecule has 0 bridgehead atoms. The van der Waals surface area contributed by atoms with Gasteiger partial charge in [-0.15, -0.1) is 29.7 Å². The number of imidazole rings is 1. The molecule has 0 spiro atoms. The molecule has 0 saturated heterocycles. The number of fused-ring (bicyclic) bond motifs is 3. The number of rotatable bonds is 6. The molecule has 8 aromatic rings. The molecule has 0 N–H and O–H groups in total. The van der Waals surface area contributed by atoms with Gasteiger partial charge in [-0.05, 0) is 77.4 Å². The normalized spacial score (nSPS) is 11.5. The van der Waals surface area contributed by atoms with Gasteiger partial charge in [-0.25, -0.2) is 4.98 Å². The fourth-order valence-corrected chi connectivity index (χ4v) is 6.42. The second-order valence-electron chi connectivity index (χ2n) is 13.4. The average Bonchev–Trinajstić information content (AvgIpc) is 3.61. The summed E-state index contributed by atoms with van der Waals surface area (Å²) in [6.07, 6.45) is 5.43. The van der Waals surface area contributed by atoms with Crippen LogP contribution in [-0.4, -0.2) is 14.1 Å². The second kappa shape index (κ2) is 13.2. The zero-order chi connectivity index (χ0) is 33.7. The van der Waals surface area contributed by atoms with Gasteiger partial charge >= 0.3 is 0 Å². The SMILES string of the molecule is Cc1c(C)[n+](-c2ccc(-c3ccccc3)cc2)[c-]n1-c1[c-]c(Oc2[c-]c3c(cc2)c2ccccc2n3-c2cc(C(C)(C)C)ccn2)ccc1.[Pt]. The predicted molar refractivity (Wildman–Crippen MR) is 196 cm³/mol. The number of ether oxygens (including phenoxy) is 1. The van der Waals surface area contributed by atoms with Crippen LogP contribution >= 0.6 is 0 Å². The molecule has 3 aromatic heterocycles. The summed E-state index contributed by atoms with van der Waals surface area (Å²) in [6, 6.07) is 48.8. The number of aromatic nitrogens is 4. The van der Waals surface area contributed by atoms with Crippen molar-refractivity contribution >= 4 is 21.8 Å². The molecule has 5 nitrogen and oxygen atoms in total. The third-order valence-corrected chi connectivity index (χ3v) is 9.24. The summed E-state index contributed by atoms with van der Waals surface area (Å²) >= 11 is 0. The molecule has 3 heterocycles. The largest absolute Gasteiger partial charge is 0.510 e. The quantitative estimate of drug-likeness (QED) is 0.124. The first kappa shape index (κ1) is 33.3. The maximum atomic E-state index is 6.45. The Morgan fingerprint density at radius 3 is 2.20 bits per heavy atom. The summed E-state index contributed by atoms with van der Waals surface area (Å²) in [5.41, 5.74) is 9.66. The number of nitrogens with zero attached hydrogens (tertiary/aromatic N) is 4. The Balaban J connectivity index is 0.00000392. The molecule has 5 aromatic carbocycles. The van der Waals surface area contributed by atoms with Crippen molar-refractivity contribution in [3.63, 3.8) is 0 Å². The predicted octanol–water partition coefficient (Wildman–Crippen LogP) is 10.0. The van der Waals surface area contributed by atoms with Gasteiger partial charge in [0.05, 0.1) is 11.4 Å². The minimum absolute atomic E-state index is 0. The smallest absolute Gasteiger partial charge is 0.267 e. The van der Waals surface area contributed by atoms with Gasteiger partial charge in [-0.1, -0.05) is 87.0 Å². The average molecular weight is 832 g/mol. The minimum atomic E-state index is -0.00437. The van der Waals surface area contributed by atoms with E-state index in [1.165, 1.54) is 16.7 Å². The Hall–Kier alpha value is -5.25. The molecule has 0 aliphatic carbocycles. The third kappa shape index (κ3) is 6.07. The number of para-hydroxylation sites is 1. The Labute approximate surface area is 307 Å². The molecule has 0 unspecified atom stereocenters. The topological polar surface area (TPSA) is 35.9 Å². The van der Waals surface area contributed by atoms with Crippen LogP contribution in [0, 0.1) is 32.3 Å². The number of pyridine rings is 1. The van der Waals surface area contributed by atoms with E-state index in [1.54, 1.807) is 0 Å². The Kier molecular flexibility index (Phi) is 8.80. The Bertz CT molecular complexity index is 2470. The van der Waals surface area contributed by atoms with Crippen LogP contribution in [0.2, 0.25) is 0 Å². The molecular formula is C44H36N4OPt-2. The fraction of sp³-hybridized carbons (Fsp3) is 0.136. The van der Waals surface area contributed by atoms with E-state index < -0.39 is 0 Å². The third-order valence-electron chi connectivity index (χ3n) is 9.24. The number of hydrogen-bond acceptors (Lipinski definition) is 2. The first-order valence-electron chi connectivity index (χ1n) is 16.6. The van der Waals surface area contributed by atoms with Gasteiger partial charge in [-0.3, -0.25) is 4.57 Å². The summed E-state index contributed by atoms with van der Waals surface area (Å²) in [4.78, 5) is 4.80. The van der Waals surface area contributed by atoms with Gasteiger partial charge in [-0.2, -0.15) is 18.2 Å². The Morgan fingerprint density at radius 2 is 1.42 bits per heavy atom. The molecular weight excluding hydrogens is 796 g/mol. The fourth-order valence-electron chi connectivity index (χ4n) is 6.42. The van der Waals surface area contributed by atoms with Crippen LogP contribution in [0.1, 0.15) is 37.7 Å². The van der Waals surface area contributed by atoms with Crippen LogP contribution in [0.4, 0.5) is 0 Å². The van der Waals surface area contributed by atoms with Gasteiger partial charge in [0.2, 0.25) is 0 Å². The maximum Gasteiger partial charge on any atom is 0.267 e. The molecule has 0 radical (unpaired) electrons. The van der Waals surface area contributed by atoms with E-state index in [0.717, 1.165) is 50.4 Å². The van der Waals surface area contributed by atoms with E-state index in [2.05, 4.69) is 153 Å². The molecule has 250 valence electrons. The standard InChI is InChI=1S/C44H36N4O.Pt/c1-30-31(2)47(29-46(30)35-20-18-33(19-21-35)32-12-7-6-8-13-32)36-14-11-15-37(27-36)49-38-22-23-40-39-16-9-10-17-41(39)48(42(40)28-38)43-26-34(24-25-45-43)44(3,4)5;/h6-26H,1-5H3;/q-2;. The van der Waals surface area contributed by atoms with Crippen molar-refractivity contribution in [2.45, 2.75) is 40.0 Å². The zero-order valence-corrected chi connectivity index (χ0v) is 30.9.